The normalized spacial score (nSPS) is 10.9. The van der Waals surface area contributed by atoms with E-state index >= 15 is 0 Å². The highest BCUT2D eigenvalue weighted by Crippen LogP contribution is 2.24. The van der Waals surface area contributed by atoms with Gasteiger partial charge < -0.3 is 4.57 Å². The zero-order valence-corrected chi connectivity index (χ0v) is 7.14. The summed E-state index contributed by atoms with van der Waals surface area (Å²) in [6.45, 7) is 0. The molecule has 0 spiro atoms. The van der Waals surface area contributed by atoms with Crippen LogP contribution in [0.25, 0.3) is 11.0 Å². The molecule has 1 heterocycles. The van der Waals surface area contributed by atoms with Crippen molar-refractivity contribution in [2.45, 2.75) is 0 Å². The molecule has 62 valence electrons. The minimum absolute atomic E-state index is 0.0908. The molecule has 0 saturated carbocycles. The van der Waals surface area contributed by atoms with Crippen LogP contribution in [0.15, 0.2) is 18.5 Å². The van der Waals surface area contributed by atoms with Crippen molar-refractivity contribution in [2.24, 2.45) is 7.05 Å². The molecule has 0 saturated heterocycles. The maximum atomic E-state index is 12.9. The molecule has 0 amide bonds. The lowest BCUT2D eigenvalue weighted by Crippen LogP contribution is -1.84. The van der Waals surface area contributed by atoms with E-state index in [1.54, 1.807) is 17.0 Å². The molecule has 1 aromatic carbocycles. The predicted octanol–water partition coefficient (Wildman–Crippen LogP) is 2.37. The molecule has 0 aliphatic carbocycles. The highest BCUT2D eigenvalue weighted by atomic mass is 35.5. The lowest BCUT2D eigenvalue weighted by Gasteiger charge is -1.96. The molecule has 2 aromatic rings. The fourth-order valence-corrected chi connectivity index (χ4v) is 1.35. The average molecular weight is 185 g/mol. The number of imidazole rings is 1. The lowest BCUT2D eigenvalue weighted by atomic mass is 10.3. The van der Waals surface area contributed by atoms with Crippen molar-refractivity contribution in [3.8, 4) is 0 Å². The zero-order valence-electron chi connectivity index (χ0n) is 6.38. The van der Waals surface area contributed by atoms with Crippen LogP contribution < -0.4 is 0 Å². The third kappa shape index (κ3) is 0.898. The second-order valence-electron chi connectivity index (χ2n) is 2.58. The Balaban J connectivity index is 2.93. The number of halogens is 2. The van der Waals surface area contributed by atoms with Crippen LogP contribution in [0.1, 0.15) is 0 Å². The van der Waals surface area contributed by atoms with Gasteiger partial charge in [0, 0.05) is 7.05 Å². The number of hydrogen-bond acceptors (Lipinski definition) is 1. The summed E-state index contributed by atoms with van der Waals surface area (Å²) in [5.74, 6) is -0.428. The molecule has 0 aliphatic rings. The smallest absolute Gasteiger partial charge is 0.144 e. The van der Waals surface area contributed by atoms with Crippen LogP contribution in [0.3, 0.4) is 0 Å². The molecule has 12 heavy (non-hydrogen) atoms. The first kappa shape index (κ1) is 7.55. The van der Waals surface area contributed by atoms with Gasteiger partial charge in [0.1, 0.15) is 16.4 Å². The van der Waals surface area contributed by atoms with Crippen molar-refractivity contribution in [1.29, 1.82) is 0 Å². The zero-order chi connectivity index (χ0) is 8.72. The Morgan fingerprint density at radius 1 is 1.50 bits per heavy atom. The highest BCUT2D eigenvalue weighted by molar-refractivity contribution is 6.35. The Kier molecular flexibility index (Phi) is 1.54. The van der Waals surface area contributed by atoms with Crippen LogP contribution in [-0.2, 0) is 7.05 Å². The first-order chi connectivity index (χ1) is 5.70. The summed E-state index contributed by atoms with van der Waals surface area (Å²) in [5.41, 5.74) is 1.35. The van der Waals surface area contributed by atoms with E-state index in [1.807, 2.05) is 7.05 Å². The van der Waals surface area contributed by atoms with E-state index in [1.165, 1.54) is 6.07 Å². The van der Waals surface area contributed by atoms with Gasteiger partial charge >= 0.3 is 0 Å². The number of aryl methyl sites for hydroxylation is 1. The molecule has 0 radical (unpaired) electrons. The Hall–Kier alpha value is -1.09. The molecule has 0 fully saturated rings. The number of fused-ring (bicyclic) bond motifs is 1. The monoisotopic (exact) mass is 184 g/mol. The van der Waals surface area contributed by atoms with Crippen molar-refractivity contribution in [3.63, 3.8) is 0 Å². The molecule has 4 heteroatoms. The van der Waals surface area contributed by atoms with Crippen LogP contribution >= 0.6 is 11.6 Å². The number of rotatable bonds is 0. The predicted molar refractivity (Wildman–Crippen MR) is 45.7 cm³/mol. The summed E-state index contributed by atoms with van der Waals surface area (Å²) in [5, 5.41) is 0.0908. The number of nitrogens with zero attached hydrogens (tertiary/aromatic N) is 2. The number of aromatic nitrogens is 2. The summed E-state index contributed by atoms with van der Waals surface area (Å²) in [6, 6.07) is 3.00. The van der Waals surface area contributed by atoms with E-state index in [9.17, 15) is 4.39 Å². The van der Waals surface area contributed by atoms with Crippen molar-refractivity contribution < 1.29 is 4.39 Å². The van der Waals surface area contributed by atoms with Crippen molar-refractivity contribution in [1.82, 2.24) is 9.55 Å². The maximum absolute atomic E-state index is 12.9. The van der Waals surface area contributed by atoms with Crippen LogP contribution in [0, 0.1) is 5.82 Å². The van der Waals surface area contributed by atoms with Crippen LogP contribution in [0.5, 0.6) is 0 Å². The fourth-order valence-electron chi connectivity index (χ4n) is 1.14. The van der Waals surface area contributed by atoms with E-state index in [-0.39, 0.29) is 5.02 Å². The molecule has 0 atom stereocenters. The third-order valence-corrected chi connectivity index (χ3v) is 2.15. The van der Waals surface area contributed by atoms with Crippen molar-refractivity contribution >= 4 is 22.6 Å². The van der Waals surface area contributed by atoms with Gasteiger partial charge in [-0.25, -0.2) is 9.37 Å². The summed E-state index contributed by atoms with van der Waals surface area (Å²) in [6.07, 6.45) is 1.61. The summed E-state index contributed by atoms with van der Waals surface area (Å²) >= 11 is 5.69. The SMILES string of the molecule is Cn1cnc2c(Cl)c(F)ccc21. The Morgan fingerprint density at radius 3 is 3.00 bits per heavy atom. The lowest BCUT2D eigenvalue weighted by molar-refractivity contribution is 0.630. The number of benzene rings is 1. The molecule has 0 bridgehead atoms. The van der Waals surface area contributed by atoms with Crippen molar-refractivity contribution in [2.75, 3.05) is 0 Å². The van der Waals surface area contributed by atoms with Gasteiger partial charge in [-0.2, -0.15) is 0 Å². The third-order valence-electron chi connectivity index (χ3n) is 1.79. The summed E-state index contributed by atoms with van der Waals surface area (Å²) < 4.78 is 14.7. The second-order valence-corrected chi connectivity index (χ2v) is 2.96. The standard InChI is InChI=1S/C8H6ClFN2/c1-12-4-11-8-6(12)3-2-5(10)7(8)9/h2-4H,1H3. The van der Waals surface area contributed by atoms with Gasteiger partial charge in [0.2, 0.25) is 0 Å². The van der Waals surface area contributed by atoms with E-state index in [0.29, 0.717) is 5.52 Å². The number of hydrogen-bond donors (Lipinski definition) is 0. The van der Waals surface area contributed by atoms with Crippen molar-refractivity contribution in [3.05, 3.63) is 29.3 Å². The molecule has 0 unspecified atom stereocenters. The first-order valence-corrected chi connectivity index (χ1v) is 3.83. The largest absolute Gasteiger partial charge is 0.334 e. The minimum atomic E-state index is -0.428. The van der Waals surface area contributed by atoms with Gasteiger partial charge in [-0.3, -0.25) is 0 Å². The maximum Gasteiger partial charge on any atom is 0.144 e. The molecular weight excluding hydrogens is 179 g/mol. The van der Waals surface area contributed by atoms with E-state index in [4.69, 9.17) is 11.6 Å². The average Bonchev–Trinajstić information content (AvgIpc) is 2.41. The molecule has 0 N–H and O–H groups in total. The Labute approximate surface area is 73.6 Å². The van der Waals surface area contributed by atoms with Gasteiger partial charge in [0.25, 0.3) is 0 Å². The minimum Gasteiger partial charge on any atom is -0.334 e. The van der Waals surface area contributed by atoms with Gasteiger partial charge in [0.15, 0.2) is 0 Å². The Bertz CT molecular complexity index is 436. The van der Waals surface area contributed by atoms with Crippen LogP contribution in [0.2, 0.25) is 5.02 Å². The second kappa shape index (κ2) is 2.45. The molecule has 2 nitrogen and oxygen atoms in total. The van der Waals surface area contributed by atoms with Gasteiger partial charge in [-0.1, -0.05) is 11.6 Å². The first-order valence-electron chi connectivity index (χ1n) is 3.45. The van der Waals surface area contributed by atoms with Gasteiger partial charge in [-0.15, -0.1) is 0 Å². The summed E-state index contributed by atoms with van der Waals surface area (Å²) in [7, 11) is 1.84. The van der Waals surface area contributed by atoms with Gasteiger partial charge in [-0.05, 0) is 12.1 Å². The van der Waals surface area contributed by atoms with Gasteiger partial charge in [0.05, 0.1) is 11.8 Å². The van der Waals surface area contributed by atoms with Crippen LogP contribution in [-0.4, -0.2) is 9.55 Å². The highest BCUT2D eigenvalue weighted by Gasteiger charge is 2.07. The molecule has 1 aromatic heterocycles. The van der Waals surface area contributed by atoms with E-state index in [0.717, 1.165) is 5.52 Å². The van der Waals surface area contributed by atoms with E-state index < -0.39 is 5.82 Å². The topological polar surface area (TPSA) is 17.8 Å². The van der Waals surface area contributed by atoms with Crippen LogP contribution in [0.4, 0.5) is 4.39 Å². The van der Waals surface area contributed by atoms with E-state index in [2.05, 4.69) is 4.98 Å². The molecule has 2 rings (SSSR count). The fraction of sp³-hybridized carbons (Fsp3) is 0.125. The molecule has 0 aliphatic heterocycles. The quantitative estimate of drug-likeness (QED) is 0.615. The summed E-state index contributed by atoms with van der Waals surface area (Å²) in [4.78, 5) is 3.97. The molecular formula is C8H6ClFN2. The Morgan fingerprint density at radius 2 is 2.25 bits per heavy atom.